The van der Waals surface area contributed by atoms with Crippen molar-refractivity contribution in [2.24, 2.45) is 11.1 Å². The molecule has 12 heteroatoms. The van der Waals surface area contributed by atoms with Gasteiger partial charge in [0.2, 0.25) is 11.8 Å². The Hall–Kier alpha value is -3.47. The summed E-state index contributed by atoms with van der Waals surface area (Å²) in [7, 11) is 0. The zero-order chi connectivity index (χ0) is 26.0. The van der Waals surface area contributed by atoms with Gasteiger partial charge >= 0.3 is 6.18 Å². The number of nitrogens with one attached hydrogen (secondary N) is 1. The predicted molar refractivity (Wildman–Crippen MR) is 121 cm³/mol. The van der Waals surface area contributed by atoms with Crippen LogP contribution in [0.3, 0.4) is 0 Å². The quantitative estimate of drug-likeness (QED) is 0.426. The van der Waals surface area contributed by atoms with Crippen molar-refractivity contribution in [1.29, 1.82) is 0 Å². The van der Waals surface area contributed by atoms with Gasteiger partial charge in [0.25, 0.3) is 5.56 Å². The Labute approximate surface area is 202 Å². The summed E-state index contributed by atoms with van der Waals surface area (Å²) < 4.78 is 57.2. The van der Waals surface area contributed by atoms with Crippen molar-refractivity contribution in [2.45, 2.75) is 32.9 Å². The summed E-state index contributed by atoms with van der Waals surface area (Å²) in [6, 6.07) is 6.78. The Bertz CT molecular complexity index is 1290. The molecule has 0 radical (unpaired) electrons. The van der Waals surface area contributed by atoms with Crippen LogP contribution in [0.25, 0.3) is 22.6 Å². The molecule has 0 aliphatic carbocycles. The van der Waals surface area contributed by atoms with Crippen molar-refractivity contribution in [3.05, 3.63) is 63.3 Å². The van der Waals surface area contributed by atoms with Crippen LogP contribution in [0, 0.1) is 11.2 Å². The largest absolute Gasteiger partial charge is 0.477 e. The number of nitrogens with zero attached hydrogens (tertiary/aromatic N) is 2. The number of halogens is 5. The second kappa shape index (κ2) is 10.0. The molecule has 0 unspecified atom stereocenters. The minimum Gasteiger partial charge on any atom is -0.477 e. The SMILES string of the molecule is CC(C)(Cc1ccc(Cl)c(-c2nc(-c3ccc(OCCC(F)(F)F)nc3)cc(=O)[nH]2)c1F)C(N)=O. The molecular weight excluding hydrogens is 492 g/mol. The van der Waals surface area contributed by atoms with Gasteiger partial charge in [-0.05, 0) is 24.1 Å². The number of benzene rings is 1. The zero-order valence-electron chi connectivity index (χ0n) is 18.7. The fourth-order valence-electron chi connectivity index (χ4n) is 3.12. The van der Waals surface area contributed by atoms with E-state index in [1.807, 2.05) is 0 Å². The second-order valence-corrected chi connectivity index (χ2v) is 8.81. The van der Waals surface area contributed by atoms with Gasteiger partial charge < -0.3 is 15.5 Å². The Morgan fingerprint density at radius 2 is 1.91 bits per heavy atom. The first-order valence-corrected chi connectivity index (χ1v) is 10.7. The summed E-state index contributed by atoms with van der Waals surface area (Å²) in [5.41, 5.74) is 4.21. The zero-order valence-corrected chi connectivity index (χ0v) is 19.4. The lowest BCUT2D eigenvalue weighted by molar-refractivity contribution is -0.139. The molecule has 0 saturated carbocycles. The van der Waals surface area contributed by atoms with Gasteiger partial charge in [-0.3, -0.25) is 9.59 Å². The maximum Gasteiger partial charge on any atom is 0.392 e. The average Bonchev–Trinajstić information content (AvgIpc) is 2.75. The number of aromatic nitrogens is 3. The topological polar surface area (TPSA) is 111 Å². The number of primary amides is 1. The molecule has 0 atom stereocenters. The molecule has 2 aromatic heterocycles. The van der Waals surface area contributed by atoms with Crippen LogP contribution in [0.4, 0.5) is 17.6 Å². The molecule has 3 rings (SSSR count). The van der Waals surface area contributed by atoms with Crippen molar-refractivity contribution < 1.29 is 27.1 Å². The molecular formula is C23H21ClF4N4O3. The Kier molecular flexibility index (Phi) is 7.49. The highest BCUT2D eigenvalue weighted by atomic mass is 35.5. The fourth-order valence-corrected chi connectivity index (χ4v) is 3.36. The maximum atomic E-state index is 15.4. The van der Waals surface area contributed by atoms with Gasteiger partial charge in [0, 0.05) is 29.3 Å². The number of ether oxygens (including phenoxy) is 1. The molecule has 1 amide bonds. The van der Waals surface area contributed by atoms with Crippen molar-refractivity contribution in [3.8, 4) is 28.5 Å². The van der Waals surface area contributed by atoms with Crippen molar-refractivity contribution in [2.75, 3.05) is 6.61 Å². The molecule has 3 N–H and O–H groups in total. The highest BCUT2D eigenvalue weighted by Gasteiger charge is 2.29. The minimum atomic E-state index is -4.35. The molecule has 0 aliphatic rings. The number of alkyl halides is 3. The molecule has 1 aromatic carbocycles. The summed E-state index contributed by atoms with van der Waals surface area (Å²) in [6.45, 7) is 2.56. The normalized spacial score (nSPS) is 12.0. The van der Waals surface area contributed by atoms with Gasteiger partial charge in [-0.1, -0.05) is 31.5 Å². The number of pyridine rings is 1. The third-order valence-corrected chi connectivity index (χ3v) is 5.43. The number of hydrogen-bond donors (Lipinski definition) is 2. The highest BCUT2D eigenvalue weighted by molar-refractivity contribution is 6.33. The van der Waals surface area contributed by atoms with E-state index < -0.39 is 41.9 Å². The summed E-state index contributed by atoms with van der Waals surface area (Å²) in [5, 5.41) is -0.0185. The van der Waals surface area contributed by atoms with Crippen LogP contribution in [0.15, 0.2) is 41.3 Å². The predicted octanol–water partition coefficient (Wildman–Crippen LogP) is 4.68. The van der Waals surface area contributed by atoms with Gasteiger partial charge in [-0.25, -0.2) is 14.4 Å². The number of carbonyl (C=O) groups is 1. The van der Waals surface area contributed by atoms with E-state index in [0.29, 0.717) is 5.56 Å². The van der Waals surface area contributed by atoms with E-state index in [1.54, 1.807) is 13.8 Å². The first-order chi connectivity index (χ1) is 16.3. The van der Waals surface area contributed by atoms with Crippen LogP contribution < -0.4 is 16.0 Å². The molecule has 0 spiro atoms. The van der Waals surface area contributed by atoms with Gasteiger partial charge in [-0.2, -0.15) is 13.2 Å². The van der Waals surface area contributed by atoms with Gasteiger partial charge in [0.15, 0.2) is 0 Å². The Balaban J connectivity index is 1.94. The van der Waals surface area contributed by atoms with Crippen LogP contribution in [0.2, 0.25) is 5.02 Å². The molecule has 35 heavy (non-hydrogen) atoms. The Morgan fingerprint density at radius 3 is 2.51 bits per heavy atom. The van der Waals surface area contributed by atoms with Crippen LogP contribution >= 0.6 is 11.6 Å². The van der Waals surface area contributed by atoms with Crippen LogP contribution in [-0.4, -0.2) is 33.6 Å². The average molecular weight is 513 g/mol. The van der Waals surface area contributed by atoms with Crippen LogP contribution in [0.5, 0.6) is 5.88 Å². The summed E-state index contributed by atoms with van der Waals surface area (Å²) in [4.78, 5) is 34.7. The lowest BCUT2D eigenvalue weighted by Crippen LogP contribution is -2.33. The number of aromatic amines is 1. The molecule has 0 bridgehead atoms. The number of carbonyl (C=O) groups excluding carboxylic acids is 1. The van der Waals surface area contributed by atoms with E-state index in [-0.39, 0.29) is 40.0 Å². The first kappa shape index (κ1) is 26.1. The molecule has 0 aliphatic heterocycles. The Morgan fingerprint density at radius 1 is 1.20 bits per heavy atom. The number of rotatable bonds is 8. The number of hydrogen-bond acceptors (Lipinski definition) is 5. The molecule has 0 saturated heterocycles. The van der Waals surface area contributed by atoms with E-state index in [4.69, 9.17) is 22.1 Å². The summed E-state index contributed by atoms with van der Waals surface area (Å²) in [5.74, 6) is -1.57. The lowest BCUT2D eigenvalue weighted by Gasteiger charge is -2.21. The van der Waals surface area contributed by atoms with Crippen LogP contribution in [0.1, 0.15) is 25.8 Å². The van der Waals surface area contributed by atoms with E-state index in [0.717, 1.165) is 6.07 Å². The fraction of sp³-hybridized carbons (Fsp3) is 0.304. The number of amides is 1. The van der Waals surface area contributed by atoms with Crippen molar-refractivity contribution in [3.63, 3.8) is 0 Å². The monoisotopic (exact) mass is 512 g/mol. The van der Waals surface area contributed by atoms with Crippen molar-refractivity contribution >= 4 is 17.5 Å². The molecule has 2 heterocycles. The smallest absolute Gasteiger partial charge is 0.392 e. The van der Waals surface area contributed by atoms with Crippen molar-refractivity contribution in [1.82, 2.24) is 15.0 Å². The van der Waals surface area contributed by atoms with E-state index in [1.165, 1.54) is 30.5 Å². The van der Waals surface area contributed by atoms with E-state index in [9.17, 15) is 22.8 Å². The highest BCUT2D eigenvalue weighted by Crippen LogP contribution is 2.33. The summed E-state index contributed by atoms with van der Waals surface area (Å²) in [6.07, 6.45) is -4.23. The molecule has 186 valence electrons. The third-order valence-electron chi connectivity index (χ3n) is 5.12. The van der Waals surface area contributed by atoms with Gasteiger partial charge in [0.05, 0.1) is 29.3 Å². The maximum absolute atomic E-state index is 15.4. The lowest BCUT2D eigenvalue weighted by atomic mass is 9.84. The minimum absolute atomic E-state index is 0.0119. The second-order valence-electron chi connectivity index (χ2n) is 8.40. The van der Waals surface area contributed by atoms with E-state index >= 15 is 4.39 Å². The van der Waals surface area contributed by atoms with Gasteiger partial charge in [0.1, 0.15) is 11.6 Å². The summed E-state index contributed by atoms with van der Waals surface area (Å²) >= 11 is 6.22. The molecule has 7 nitrogen and oxygen atoms in total. The molecule has 3 aromatic rings. The third kappa shape index (κ3) is 6.56. The number of H-pyrrole nitrogens is 1. The van der Waals surface area contributed by atoms with Gasteiger partial charge in [-0.15, -0.1) is 0 Å². The number of nitrogens with two attached hydrogens (primary N) is 1. The first-order valence-electron chi connectivity index (χ1n) is 10.3. The molecule has 0 fully saturated rings. The van der Waals surface area contributed by atoms with E-state index in [2.05, 4.69) is 15.0 Å². The van der Waals surface area contributed by atoms with Crippen LogP contribution in [-0.2, 0) is 11.2 Å². The standard InChI is InChI=1S/C23H21ClF4N4O3/c1-22(2,21(29)34)10-12-3-5-14(24)18(19(12)25)20-31-15(9-16(33)32-20)13-4-6-17(30-11-13)35-8-7-23(26,27)28/h3-6,9,11H,7-8,10H2,1-2H3,(H2,29,34)(H,31,32,33).